The Labute approximate surface area is 102 Å². The standard InChI is InChI=1S/C10H11N3O5/c14-12(15)8-3-4-9(10(7-8)13(16)17)11-5-1-2-6-18-11/h3-4,7H,1-2,5-6H2. The van der Waals surface area contributed by atoms with Gasteiger partial charge in [-0.25, -0.2) is 5.06 Å². The van der Waals surface area contributed by atoms with Crippen LogP contribution in [0, 0.1) is 20.2 Å². The van der Waals surface area contributed by atoms with Crippen LogP contribution in [0.2, 0.25) is 0 Å². The van der Waals surface area contributed by atoms with Crippen molar-refractivity contribution >= 4 is 17.1 Å². The van der Waals surface area contributed by atoms with Crippen LogP contribution in [0.25, 0.3) is 0 Å². The van der Waals surface area contributed by atoms with Crippen LogP contribution in [0.5, 0.6) is 0 Å². The van der Waals surface area contributed by atoms with Crippen LogP contribution in [-0.4, -0.2) is 23.0 Å². The third kappa shape index (κ3) is 2.38. The predicted molar refractivity (Wildman–Crippen MR) is 62.3 cm³/mol. The van der Waals surface area contributed by atoms with E-state index in [9.17, 15) is 20.2 Å². The van der Waals surface area contributed by atoms with Crippen LogP contribution in [0.3, 0.4) is 0 Å². The lowest BCUT2D eigenvalue weighted by molar-refractivity contribution is -0.393. The molecule has 1 aliphatic heterocycles. The van der Waals surface area contributed by atoms with Gasteiger partial charge < -0.3 is 0 Å². The number of nitrogens with zero attached hydrogens (tertiary/aromatic N) is 3. The highest BCUT2D eigenvalue weighted by Crippen LogP contribution is 2.33. The molecule has 1 fully saturated rings. The number of rotatable bonds is 3. The van der Waals surface area contributed by atoms with Crippen LogP contribution in [0.4, 0.5) is 17.1 Å². The fourth-order valence-electron chi connectivity index (χ4n) is 1.77. The number of nitro benzene ring substituents is 2. The molecule has 0 unspecified atom stereocenters. The molecule has 0 saturated carbocycles. The molecule has 18 heavy (non-hydrogen) atoms. The summed E-state index contributed by atoms with van der Waals surface area (Å²) in [6, 6.07) is 3.54. The SMILES string of the molecule is O=[N+]([O-])c1ccc(N2CCCCO2)c([N+](=O)[O-])c1. The molecule has 0 radical (unpaired) electrons. The Kier molecular flexibility index (Phi) is 3.38. The topological polar surface area (TPSA) is 98.8 Å². The summed E-state index contributed by atoms with van der Waals surface area (Å²) in [4.78, 5) is 25.6. The summed E-state index contributed by atoms with van der Waals surface area (Å²) in [6.45, 7) is 1.03. The third-order valence-electron chi connectivity index (χ3n) is 2.64. The van der Waals surface area contributed by atoms with Crippen molar-refractivity contribution in [1.29, 1.82) is 0 Å². The smallest absolute Gasteiger partial charge is 0.273 e. The lowest BCUT2D eigenvalue weighted by Gasteiger charge is -2.27. The van der Waals surface area contributed by atoms with Gasteiger partial charge in [0.15, 0.2) is 0 Å². The molecule has 2 rings (SSSR count). The van der Waals surface area contributed by atoms with E-state index in [1.165, 1.54) is 17.2 Å². The summed E-state index contributed by atoms with van der Waals surface area (Å²) in [7, 11) is 0. The molecule has 0 aromatic heterocycles. The fourth-order valence-corrected chi connectivity index (χ4v) is 1.77. The first-order chi connectivity index (χ1) is 8.59. The average Bonchev–Trinajstić information content (AvgIpc) is 2.39. The van der Waals surface area contributed by atoms with Gasteiger partial charge in [0, 0.05) is 12.6 Å². The number of hydrogen-bond acceptors (Lipinski definition) is 6. The maximum atomic E-state index is 10.9. The van der Waals surface area contributed by atoms with Gasteiger partial charge in [-0.05, 0) is 18.9 Å². The van der Waals surface area contributed by atoms with Gasteiger partial charge in [-0.2, -0.15) is 0 Å². The average molecular weight is 253 g/mol. The number of non-ortho nitro benzene ring substituents is 1. The van der Waals surface area contributed by atoms with E-state index in [4.69, 9.17) is 4.84 Å². The van der Waals surface area contributed by atoms with Crippen molar-refractivity contribution in [2.24, 2.45) is 0 Å². The second-order valence-electron chi connectivity index (χ2n) is 3.83. The third-order valence-corrected chi connectivity index (χ3v) is 2.64. The Morgan fingerprint density at radius 1 is 1.17 bits per heavy atom. The first kappa shape index (κ1) is 12.2. The molecule has 0 amide bonds. The van der Waals surface area contributed by atoms with E-state index in [0.717, 1.165) is 18.9 Å². The van der Waals surface area contributed by atoms with E-state index in [2.05, 4.69) is 0 Å². The van der Waals surface area contributed by atoms with Gasteiger partial charge in [0.1, 0.15) is 5.69 Å². The molecule has 0 atom stereocenters. The zero-order valence-corrected chi connectivity index (χ0v) is 9.44. The van der Waals surface area contributed by atoms with Crippen molar-refractivity contribution in [3.8, 4) is 0 Å². The number of hydrogen-bond donors (Lipinski definition) is 0. The predicted octanol–water partition coefficient (Wildman–Crippen LogP) is 2.03. The summed E-state index contributed by atoms with van der Waals surface area (Å²) < 4.78 is 0. The fraction of sp³-hybridized carbons (Fsp3) is 0.400. The monoisotopic (exact) mass is 253 g/mol. The molecule has 1 aromatic rings. The van der Waals surface area contributed by atoms with E-state index in [-0.39, 0.29) is 17.1 Å². The van der Waals surface area contributed by atoms with Crippen LogP contribution in [-0.2, 0) is 4.84 Å². The van der Waals surface area contributed by atoms with Gasteiger partial charge in [0.25, 0.3) is 5.69 Å². The molecule has 0 N–H and O–H groups in total. The van der Waals surface area contributed by atoms with Gasteiger partial charge in [0.2, 0.25) is 0 Å². The lowest BCUT2D eigenvalue weighted by atomic mass is 10.2. The molecular weight excluding hydrogens is 242 g/mol. The Balaban J connectivity index is 2.39. The Bertz CT molecular complexity index is 484. The molecule has 8 nitrogen and oxygen atoms in total. The molecule has 0 aliphatic carbocycles. The number of hydroxylamine groups is 1. The lowest BCUT2D eigenvalue weighted by Crippen LogP contribution is -2.30. The molecule has 0 spiro atoms. The number of benzene rings is 1. The van der Waals surface area contributed by atoms with Gasteiger partial charge in [0.05, 0.1) is 22.5 Å². The largest absolute Gasteiger partial charge is 0.301 e. The molecule has 1 heterocycles. The van der Waals surface area contributed by atoms with Crippen LogP contribution < -0.4 is 5.06 Å². The van der Waals surface area contributed by atoms with Crippen molar-refractivity contribution < 1.29 is 14.7 Å². The molecule has 0 bridgehead atoms. The number of anilines is 1. The van der Waals surface area contributed by atoms with Crippen molar-refractivity contribution in [1.82, 2.24) is 0 Å². The second-order valence-corrected chi connectivity index (χ2v) is 3.83. The summed E-state index contributed by atoms with van der Waals surface area (Å²) in [5.41, 5.74) is -0.362. The maximum absolute atomic E-state index is 10.9. The van der Waals surface area contributed by atoms with E-state index < -0.39 is 9.85 Å². The second kappa shape index (κ2) is 4.96. The molecule has 1 aromatic carbocycles. The van der Waals surface area contributed by atoms with Crippen molar-refractivity contribution in [2.45, 2.75) is 12.8 Å². The first-order valence-electron chi connectivity index (χ1n) is 5.43. The highest BCUT2D eigenvalue weighted by molar-refractivity contribution is 5.65. The van der Waals surface area contributed by atoms with E-state index in [1.807, 2.05) is 0 Å². The van der Waals surface area contributed by atoms with Crippen molar-refractivity contribution in [2.75, 3.05) is 18.2 Å². The Hall–Kier alpha value is -2.22. The van der Waals surface area contributed by atoms with E-state index in [1.54, 1.807) is 0 Å². The number of nitro groups is 2. The van der Waals surface area contributed by atoms with E-state index in [0.29, 0.717) is 13.2 Å². The Morgan fingerprint density at radius 3 is 2.50 bits per heavy atom. The minimum Gasteiger partial charge on any atom is -0.273 e. The van der Waals surface area contributed by atoms with Gasteiger partial charge in [-0.1, -0.05) is 0 Å². The normalized spacial score (nSPS) is 15.4. The highest BCUT2D eigenvalue weighted by Gasteiger charge is 2.25. The van der Waals surface area contributed by atoms with Crippen molar-refractivity contribution in [3.05, 3.63) is 38.4 Å². The zero-order chi connectivity index (χ0) is 13.1. The summed E-state index contributed by atoms with van der Waals surface area (Å²) in [5.74, 6) is 0. The van der Waals surface area contributed by atoms with Gasteiger partial charge in [-0.3, -0.25) is 25.1 Å². The zero-order valence-electron chi connectivity index (χ0n) is 9.44. The van der Waals surface area contributed by atoms with Gasteiger partial charge >= 0.3 is 5.69 Å². The maximum Gasteiger partial charge on any atom is 0.301 e. The van der Waals surface area contributed by atoms with Crippen LogP contribution in [0.1, 0.15) is 12.8 Å². The molecule has 8 heteroatoms. The minimum absolute atomic E-state index is 0.255. The summed E-state index contributed by atoms with van der Waals surface area (Å²) in [5, 5.41) is 23.0. The summed E-state index contributed by atoms with van der Waals surface area (Å²) in [6.07, 6.45) is 1.77. The molecule has 96 valence electrons. The van der Waals surface area contributed by atoms with Crippen molar-refractivity contribution in [3.63, 3.8) is 0 Å². The van der Waals surface area contributed by atoms with Crippen LogP contribution >= 0.6 is 0 Å². The van der Waals surface area contributed by atoms with E-state index >= 15 is 0 Å². The Morgan fingerprint density at radius 2 is 1.94 bits per heavy atom. The van der Waals surface area contributed by atoms with Gasteiger partial charge in [-0.15, -0.1) is 0 Å². The highest BCUT2D eigenvalue weighted by atomic mass is 16.7. The molecule has 1 aliphatic rings. The quantitative estimate of drug-likeness (QED) is 0.603. The summed E-state index contributed by atoms with van der Waals surface area (Å²) >= 11 is 0. The van der Waals surface area contributed by atoms with Crippen LogP contribution in [0.15, 0.2) is 18.2 Å². The first-order valence-corrected chi connectivity index (χ1v) is 5.43. The molecular formula is C10H11N3O5. The molecule has 1 saturated heterocycles. The minimum atomic E-state index is -0.659.